The molecule has 1 fully saturated rings. The fourth-order valence-corrected chi connectivity index (χ4v) is 2.14. The average molecular weight is 428 g/mol. The number of benzene rings is 1. The molecule has 0 aliphatic carbocycles. The Hall–Kier alpha value is -2.98. The van der Waals surface area contributed by atoms with Crippen LogP contribution in [0.2, 0.25) is 0 Å². The minimum absolute atomic E-state index is 0. The van der Waals surface area contributed by atoms with E-state index in [1.54, 1.807) is 14.0 Å². The molecule has 1 aromatic rings. The van der Waals surface area contributed by atoms with Crippen LogP contribution >= 0.6 is 0 Å². The van der Waals surface area contributed by atoms with Crippen molar-refractivity contribution in [2.75, 3.05) is 20.3 Å². The van der Waals surface area contributed by atoms with Gasteiger partial charge >= 0.3 is 6.16 Å². The third-order valence-electron chi connectivity index (χ3n) is 3.48. The van der Waals surface area contributed by atoms with E-state index in [0.717, 1.165) is 0 Å². The highest BCUT2D eigenvalue weighted by molar-refractivity contribution is 6.01. The van der Waals surface area contributed by atoms with Crippen molar-refractivity contribution in [1.29, 1.82) is 0 Å². The Labute approximate surface area is 177 Å². The smallest absolute Gasteiger partial charge is 0.393 e. The van der Waals surface area contributed by atoms with Gasteiger partial charge in [-0.15, -0.1) is 0 Å². The van der Waals surface area contributed by atoms with Gasteiger partial charge in [0, 0.05) is 25.5 Å². The van der Waals surface area contributed by atoms with E-state index in [2.05, 4.69) is 10.2 Å². The zero-order valence-electron chi connectivity index (χ0n) is 14.9. The summed E-state index contributed by atoms with van der Waals surface area (Å²) in [4.78, 5) is 51.1. The summed E-state index contributed by atoms with van der Waals surface area (Å²) in [7, 11) is 1.55. The van der Waals surface area contributed by atoms with E-state index < -0.39 is 24.2 Å². The quantitative estimate of drug-likeness (QED) is 0.221. The molecule has 30 heavy (non-hydrogen) atoms. The Morgan fingerprint density at radius 2 is 1.60 bits per heavy atom. The van der Waals surface area contributed by atoms with E-state index in [1.807, 2.05) is 0 Å². The molecule has 1 aliphatic heterocycles. The number of imide groups is 1. The standard InChI is InChI=1S/C17H20N2O8.3CH4/c1-11(25-10-9-24-2)18-16(22)12-3-5-13(6-4-12)26-17(23)27-19-14(20)7-8-15(19)21;;;/h3-6,11H,7-10H2,1-2H3,(H,18,22);3*1H4. The number of methoxy groups -OCH3 is 1. The Kier molecular flexibility index (Phi) is 13.7. The maximum atomic E-state index is 12.1. The topological polar surface area (TPSA) is 120 Å². The Morgan fingerprint density at radius 1 is 1.03 bits per heavy atom. The predicted molar refractivity (Wildman–Crippen MR) is 110 cm³/mol. The molecule has 0 bridgehead atoms. The van der Waals surface area contributed by atoms with E-state index in [1.165, 1.54) is 24.3 Å². The molecule has 1 saturated heterocycles. The summed E-state index contributed by atoms with van der Waals surface area (Å²) in [5, 5.41) is 3.03. The molecular weight excluding hydrogens is 396 g/mol. The second-order valence-corrected chi connectivity index (χ2v) is 5.53. The summed E-state index contributed by atoms with van der Waals surface area (Å²) >= 11 is 0. The Bertz CT molecular complexity index is 689. The maximum absolute atomic E-state index is 12.1. The lowest BCUT2D eigenvalue weighted by Gasteiger charge is -2.15. The predicted octanol–water partition coefficient (Wildman–Crippen LogP) is 2.91. The number of carbonyl (C=O) groups is 4. The van der Waals surface area contributed by atoms with Gasteiger partial charge in [-0.25, -0.2) is 4.79 Å². The van der Waals surface area contributed by atoms with Crippen LogP contribution in [0.25, 0.3) is 0 Å². The molecule has 1 aliphatic rings. The third-order valence-corrected chi connectivity index (χ3v) is 3.48. The van der Waals surface area contributed by atoms with Crippen molar-refractivity contribution in [3.05, 3.63) is 29.8 Å². The van der Waals surface area contributed by atoms with Gasteiger partial charge in [0.25, 0.3) is 17.7 Å². The minimum Gasteiger partial charge on any atom is -0.393 e. The van der Waals surface area contributed by atoms with Crippen LogP contribution in [0.4, 0.5) is 4.79 Å². The van der Waals surface area contributed by atoms with Gasteiger partial charge < -0.3 is 19.5 Å². The van der Waals surface area contributed by atoms with Crippen molar-refractivity contribution in [3.63, 3.8) is 0 Å². The first kappa shape index (κ1) is 29.2. The number of rotatable bonds is 8. The number of carbonyl (C=O) groups excluding carboxylic acids is 4. The van der Waals surface area contributed by atoms with Crippen LogP contribution in [-0.2, 0) is 23.9 Å². The van der Waals surface area contributed by atoms with Crippen molar-refractivity contribution in [3.8, 4) is 5.75 Å². The Morgan fingerprint density at radius 3 is 2.13 bits per heavy atom. The summed E-state index contributed by atoms with van der Waals surface area (Å²) in [5.41, 5.74) is 0.322. The maximum Gasteiger partial charge on any atom is 0.539 e. The van der Waals surface area contributed by atoms with Crippen molar-refractivity contribution < 1.29 is 38.2 Å². The van der Waals surface area contributed by atoms with Gasteiger partial charge in [-0.05, 0) is 31.2 Å². The van der Waals surface area contributed by atoms with Crippen molar-refractivity contribution >= 4 is 23.9 Å². The highest BCUT2D eigenvalue weighted by Crippen LogP contribution is 2.16. The van der Waals surface area contributed by atoms with Crippen LogP contribution in [-0.4, -0.2) is 55.5 Å². The number of amides is 3. The lowest BCUT2D eigenvalue weighted by molar-refractivity contribution is -0.174. The fraction of sp³-hybridized carbons (Fsp3) is 0.500. The Balaban J connectivity index is 0. The molecule has 1 atom stereocenters. The van der Waals surface area contributed by atoms with Gasteiger partial charge in [-0.3, -0.25) is 19.2 Å². The molecule has 0 saturated carbocycles. The summed E-state index contributed by atoms with van der Waals surface area (Å²) in [6.07, 6.45) is -1.75. The zero-order valence-corrected chi connectivity index (χ0v) is 14.9. The van der Waals surface area contributed by atoms with Crippen LogP contribution in [0, 0.1) is 0 Å². The highest BCUT2D eigenvalue weighted by atomic mass is 16.8. The van der Waals surface area contributed by atoms with E-state index in [9.17, 15) is 19.2 Å². The first-order valence-electron chi connectivity index (χ1n) is 8.17. The minimum atomic E-state index is -1.23. The number of hydroxylamine groups is 2. The van der Waals surface area contributed by atoms with E-state index >= 15 is 0 Å². The van der Waals surface area contributed by atoms with Crippen molar-refractivity contribution in [2.45, 2.75) is 48.3 Å². The lowest BCUT2D eigenvalue weighted by atomic mass is 10.2. The highest BCUT2D eigenvalue weighted by Gasteiger charge is 2.33. The summed E-state index contributed by atoms with van der Waals surface area (Å²) in [6.45, 7) is 2.44. The molecule has 0 radical (unpaired) electrons. The molecule has 1 aromatic carbocycles. The number of nitrogens with one attached hydrogen (secondary N) is 1. The first-order chi connectivity index (χ1) is 12.9. The van der Waals surface area contributed by atoms with Gasteiger partial charge in [0.1, 0.15) is 12.0 Å². The van der Waals surface area contributed by atoms with Gasteiger partial charge in [0.2, 0.25) is 0 Å². The number of nitrogens with zero attached hydrogens (tertiary/aromatic N) is 1. The molecule has 2 rings (SSSR count). The molecule has 3 amide bonds. The summed E-state index contributed by atoms with van der Waals surface area (Å²) in [6, 6.07) is 5.62. The van der Waals surface area contributed by atoms with E-state index in [-0.39, 0.29) is 46.8 Å². The first-order valence-corrected chi connectivity index (χ1v) is 8.17. The largest absolute Gasteiger partial charge is 0.539 e. The fourth-order valence-electron chi connectivity index (χ4n) is 2.14. The summed E-state index contributed by atoms with van der Waals surface area (Å²) in [5.74, 6) is -1.50. The van der Waals surface area contributed by atoms with Crippen molar-refractivity contribution in [2.24, 2.45) is 0 Å². The molecule has 1 N–H and O–H groups in total. The summed E-state index contributed by atoms with van der Waals surface area (Å²) < 4.78 is 15.1. The van der Waals surface area contributed by atoms with E-state index in [4.69, 9.17) is 14.2 Å². The second kappa shape index (κ2) is 14.1. The molecule has 10 nitrogen and oxygen atoms in total. The molecule has 0 aromatic heterocycles. The molecular formula is C20H32N2O8. The molecule has 1 heterocycles. The monoisotopic (exact) mass is 428 g/mol. The third kappa shape index (κ3) is 8.58. The average Bonchev–Trinajstić information content (AvgIpc) is 2.94. The molecule has 170 valence electrons. The molecule has 0 spiro atoms. The number of hydrogen-bond donors (Lipinski definition) is 1. The van der Waals surface area contributed by atoms with Crippen LogP contribution in [0.3, 0.4) is 0 Å². The van der Waals surface area contributed by atoms with E-state index in [0.29, 0.717) is 23.8 Å². The SMILES string of the molecule is C.C.C.COCCOC(C)NC(=O)c1ccc(OC(=O)ON2C(=O)CCC2=O)cc1. The second-order valence-electron chi connectivity index (χ2n) is 5.53. The van der Waals surface area contributed by atoms with Crippen LogP contribution in [0.15, 0.2) is 24.3 Å². The van der Waals surface area contributed by atoms with Crippen LogP contribution < -0.4 is 10.1 Å². The van der Waals surface area contributed by atoms with Crippen molar-refractivity contribution in [1.82, 2.24) is 10.4 Å². The van der Waals surface area contributed by atoms with Crippen LogP contribution in [0.5, 0.6) is 5.75 Å². The number of hydrogen-bond acceptors (Lipinski definition) is 8. The van der Waals surface area contributed by atoms with Gasteiger partial charge in [0.05, 0.1) is 13.2 Å². The molecule has 1 unspecified atom stereocenters. The van der Waals surface area contributed by atoms with Gasteiger partial charge in [-0.1, -0.05) is 27.3 Å². The zero-order chi connectivity index (χ0) is 19.8. The lowest BCUT2D eigenvalue weighted by Crippen LogP contribution is -2.35. The normalized spacial score (nSPS) is 13.3. The van der Waals surface area contributed by atoms with Gasteiger partial charge in [-0.2, -0.15) is 0 Å². The molecule has 10 heteroatoms. The van der Waals surface area contributed by atoms with Crippen LogP contribution in [0.1, 0.15) is 52.4 Å². The van der Waals surface area contributed by atoms with Gasteiger partial charge in [0.15, 0.2) is 0 Å². The number of ether oxygens (including phenoxy) is 3.